The number of nitrogen functional groups attached to an aromatic ring is 1. The van der Waals surface area contributed by atoms with Crippen LogP contribution < -0.4 is 5.73 Å². The SMILES string of the molecule is Nc1ccc(Br)cn1.O=Cc1ccc(C(F)(F)F)nc1. The quantitative estimate of drug-likeness (QED) is 0.803. The number of rotatable bonds is 1. The number of carbonyl (C=O) groups excluding carboxylic acids is 1. The summed E-state index contributed by atoms with van der Waals surface area (Å²) in [6.07, 6.45) is -1.46. The summed E-state index contributed by atoms with van der Waals surface area (Å²) < 4.78 is 36.6. The van der Waals surface area contributed by atoms with Gasteiger partial charge in [-0.2, -0.15) is 13.2 Å². The van der Waals surface area contributed by atoms with Gasteiger partial charge in [0.2, 0.25) is 0 Å². The molecule has 0 fully saturated rings. The Hall–Kier alpha value is -1.96. The largest absolute Gasteiger partial charge is 0.433 e. The van der Waals surface area contributed by atoms with Crippen molar-refractivity contribution >= 4 is 28.0 Å². The van der Waals surface area contributed by atoms with E-state index in [0.29, 0.717) is 12.1 Å². The molecule has 0 radical (unpaired) electrons. The lowest BCUT2D eigenvalue weighted by atomic mass is 10.3. The summed E-state index contributed by atoms with van der Waals surface area (Å²) in [4.78, 5) is 16.9. The van der Waals surface area contributed by atoms with Crippen LogP contribution >= 0.6 is 15.9 Å². The van der Waals surface area contributed by atoms with Gasteiger partial charge in [0.15, 0.2) is 6.29 Å². The molecule has 2 aromatic heterocycles. The molecule has 0 aliphatic carbocycles. The van der Waals surface area contributed by atoms with E-state index < -0.39 is 11.9 Å². The van der Waals surface area contributed by atoms with Crippen molar-refractivity contribution in [3.8, 4) is 0 Å². The van der Waals surface area contributed by atoms with Gasteiger partial charge in [-0.25, -0.2) is 4.98 Å². The summed E-state index contributed by atoms with van der Waals surface area (Å²) >= 11 is 3.23. The van der Waals surface area contributed by atoms with E-state index in [1.807, 2.05) is 6.07 Å². The average Bonchev–Trinajstić information content (AvgIpc) is 2.42. The van der Waals surface area contributed by atoms with E-state index in [-0.39, 0.29) is 5.56 Å². The van der Waals surface area contributed by atoms with Crippen molar-refractivity contribution in [1.82, 2.24) is 9.97 Å². The van der Waals surface area contributed by atoms with Crippen LogP contribution in [0.25, 0.3) is 0 Å². The fourth-order valence-electron chi connectivity index (χ4n) is 1.03. The third kappa shape index (κ3) is 5.35. The van der Waals surface area contributed by atoms with Crippen molar-refractivity contribution in [3.63, 3.8) is 0 Å². The van der Waals surface area contributed by atoms with Crippen LogP contribution in [0.5, 0.6) is 0 Å². The molecule has 2 N–H and O–H groups in total. The fraction of sp³-hybridized carbons (Fsp3) is 0.0833. The van der Waals surface area contributed by atoms with Gasteiger partial charge in [-0.3, -0.25) is 9.78 Å². The lowest BCUT2D eigenvalue weighted by Crippen LogP contribution is -2.07. The highest BCUT2D eigenvalue weighted by atomic mass is 79.9. The lowest BCUT2D eigenvalue weighted by Gasteiger charge is -2.03. The third-order valence-corrected chi connectivity index (χ3v) is 2.43. The van der Waals surface area contributed by atoms with Gasteiger partial charge >= 0.3 is 6.18 Å². The van der Waals surface area contributed by atoms with Crippen LogP contribution in [0.2, 0.25) is 0 Å². The van der Waals surface area contributed by atoms with E-state index in [1.54, 1.807) is 12.3 Å². The molecule has 0 saturated heterocycles. The van der Waals surface area contributed by atoms with Crippen LogP contribution in [0.15, 0.2) is 41.1 Å². The highest BCUT2D eigenvalue weighted by molar-refractivity contribution is 9.10. The molecule has 0 aliphatic heterocycles. The molecule has 106 valence electrons. The summed E-state index contributed by atoms with van der Waals surface area (Å²) in [6, 6.07) is 5.43. The summed E-state index contributed by atoms with van der Waals surface area (Å²) in [5.74, 6) is 0.549. The Labute approximate surface area is 121 Å². The van der Waals surface area contributed by atoms with Gasteiger partial charge in [-0.05, 0) is 40.2 Å². The summed E-state index contributed by atoms with van der Waals surface area (Å²) in [5, 5.41) is 0. The van der Waals surface area contributed by atoms with Gasteiger partial charge in [-0.15, -0.1) is 0 Å². The van der Waals surface area contributed by atoms with Gasteiger partial charge < -0.3 is 5.73 Å². The van der Waals surface area contributed by atoms with Crippen LogP contribution in [-0.2, 0) is 6.18 Å². The third-order valence-electron chi connectivity index (χ3n) is 1.96. The summed E-state index contributed by atoms with van der Waals surface area (Å²) in [6.45, 7) is 0. The molecule has 2 heterocycles. The van der Waals surface area contributed by atoms with Gasteiger partial charge in [0, 0.05) is 22.4 Å². The van der Waals surface area contributed by atoms with Gasteiger partial charge in [0.25, 0.3) is 0 Å². The Balaban J connectivity index is 0.000000217. The monoisotopic (exact) mass is 347 g/mol. The topological polar surface area (TPSA) is 68.9 Å². The lowest BCUT2D eigenvalue weighted by molar-refractivity contribution is -0.141. The number of hydrogen-bond donors (Lipinski definition) is 1. The van der Waals surface area contributed by atoms with Crippen LogP contribution in [-0.4, -0.2) is 16.3 Å². The van der Waals surface area contributed by atoms with E-state index in [2.05, 4.69) is 25.9 Å². The van der Waals surface area contributed by atoms with Gasteiger partial charge in [0.1, 0.15) is 11.5 Å². The zero-order valence-corrected chi connectivity index (χ0v) is 11.5. The highest BCUT2D eigenvalue weighted by Crippen LogP contribution is 2.26. The number of aldehydes is 1. The average molecular weight is 348 g/mol. The maximum Gasteiger partial charge on any atom is 0.433 e. The van der Waals surface area contributed by atoms with Crippen LogP contribution in [0, 0.1) is 0 Å². The number of pyridine rings is 2. The zero-order chi connectivity index (χ0) is 15.2. The standard InChI is InChI=1S/C7H4F3NO.C5H5BrN2/c8-7(9,10)6-2-1-5(4-12)3-11-6;6-4-1-2-5(7)8-3-4/h1-4H;1-3H,(H2,7,8). The number of anilines is 1. The molecular weight excluding hydrogens is 339 g/mol. The van der Waals surface area contributed by atoms with E-state index in [1.165, 1.54) is 0 Å². The molecule has 0 aromatic carbocycles. The molecule has 0 unspecified atom stereocenters. The van der Waals surface area contributed by atoms with Crippen molar-refractivity contribution in [2.75, 3.05) is 5.73 Å². The molecular formula is C12H9BrF3N3O. The number of nitrogens with two attached hydrogens (primary N) is 1. The van der Waals surface area contributed by atoms with E-state index in [0.717, 1.165) is 22.8 Å². The van der Waals surface area contributed by atoms with Gasteiger partial charge in [-0.1, -0.05) is 0 Å². The molecule has 0 atom stereocenters. The molecule has 4 nitrogen and oxygen atoms in total. The van der Waals surface area contributed by atoms with E-state index in [4.69, 9.17) is 5.73 Å². The summed E-state index contributed by atoms with van der Waals surface area (Å²) in [5.41, 5.74) is 4.43. The molecule has 2 aromatic rings. The molecule has 0 saturated carbocycles. The van der Waals surface area contributed by atoms with Gasteiger partial charge in [0.05, 0.1) is 0 Å². The molecule has 0 aliphatic rings. The first-order valence-electron chi connectivity index (χ1n) is 5.18. The number of carbonyl (C=O) groups is 1. The molecule has 8 heteroatoms. The minimum atomic E-state index is -4.44. The fourth-order valence-corrected chi connectivity index (χ4v) is 1.26. The number of hydrogen-bond acceptors (Lipinski definition) is 4. The second-order valence-electron chi connectivity index (χ2n) is 3.49. The summed E-state index contributed by atoms with van der Waals surface area (Å²) in [7, 11) is 0. The maximum atomic E-state index is 11.9. The Morgan fingerprint density at radius 2 is 1.80 bits per heavy atom. The Morgan fingerprint density at radius 1 is 1.10 bits per heavy atom. The van der Waals surface area contributed by atoms with Crippen molar-refractivity contribution in [3.05, 3.63) is 52.4 Å². The number of halogens is 4. The highest BCUT2D eigenvalue weighted by Gasteiger charge is 2.31. The number of aromatic nitrogens is 2. The number of alkyl halides is 3. The first-order chi connectivity index (χ1) is 9.32. The predicted molar refractivity (Wildman–Crippen MR) is 71.0 cm³/mol. The minimum absolute atomic E-state index is 0.128. The zero-order valence-electron chi connectivity index (χ0n) is 9.93. The van der Waals surface area contributed by atoms with Crippen LogP contribution in [0.1, 0.15) is 16.1 Å². The molecule has 0 amide bonds. The smallest absolute Gasteiger partial charge is 0.384 e. The van der Waals surface area contributed by atoms with Crippen LogP contribution in [0.4, 0.5) is 19.0 Å². The molecule has 20 heavy (non-hydrogen) atoms. The normalized spacial score (nSPS) is 10.4. The van der Waals surface area contributed by atoms with E-state index >= 15 is 0 Å². The Bertz CT molecular complexity index is 535. The van der Waals surface area contributed by atoms with Crippen molar-refractivity contribution in [2.45, 2.75) is 6.18 Å². The van der Waals surface area contributed by atoms with Crippen LogP contribution in [0.3, 0.4) is 0 Å². The van der Waals surface area contributed by atoms with Crippen molar-refractivity contribution < 1.29 is 18.0 Å². The Kier molecular flexibility index (Phi) is 5.63. The van der Waals surface area contributed by atoms with Crippen molar-refractivity contribution in [1.29, 1.82) is 0 Å². The Morgan fingerprint density at radius 3 is 2.15 bits per heavy atom. The van der Waals surface area contributed by atoms with E-state index in [9.17, 15) is 18.0 Å². The second kappa shape index (κ2) is 6.99. The molecule has 2 rings (SSSR count). The first-order valence-corrected chi connectivity index (χ1v) is 5.97. The minimum Gasteiger partial charge on any atom is -0.384 e. The molecule has 0 bridgehead atoms. The predicted octanol–water partition coefficient (Wildman–Crippen LogP) is 3.34. The van der Waals surface area contributed by atoms with Crippen molar-refractivity contribution in [2.24, 2.45) is 0 Å². The first kappa shape index (κ1) is 16.1. The number of nitrogens with zero attached hydrogens (tertiary/aromatic N) is 2. The second-order valence-corrected chi connectivity index (χ2v) is 4.41. The maximum absolute atomic E-state index is 11.9. The molecule has 0 spiro atoms.